The molecular weight excluding hydrogens is 380 g/mol. The maximum atomic E-state index is 12.6. The minimum atomic E-state index is -0.472. The summed E-state index contributed by atoms with van der Waals surface area (Å²) >= 11 is 0.845. The molecule has 0 saturated carbocycles. The molecule has 2 heterocycles. The standard InChI is InChI=1S/C20H12N2O5S/c23-19-18(28-20(24)21(19)14-4-2-1-3-5-14)12-16-10-11-17(27-16)13-6-8-15(9-7-13)22(25)26/h1-12H/b18-12+. The van der Waals surface area contributed by atoms with Crippen LogP contribution in [-0.2, 0) is 4.79 Å². The monoisotopic (exact) mass is 392 g/mol. The van der Waals surface area contributed by atoms with Crippen molar-refractivity contribution in [2.45, 2.75) is 0 Å². The average Bonchev–Trinajstić information content (AvgIpc) is 3.27. The zero-order chi connectivity index (χ0) is 19.7. The highest BCUT2D eigenvalue weighted by Gasteiger charge is 2.36. The van der Waals surface area contributed by atoms with Crippen molar-refractivity contribution < 1.29 is 18.9 Å². The van der Waals surface area contributed by atoms with E-state index in [4.69, 9.17) is 4.42 Å². The molecule has 1 saturated heterocycles. The van der Waals surface area contributed by atoms with Crippen LogP contribution in [0.15, 0.2) is 76.1 Å². The van der Waals surface area contributed by atoms with Gasteiger partial charge in [-0.3, -0.25) is 19.7 Å². The van der Waals surface area contributed by atoms with Gasteiger partial charge in [0.05, 0.1) is 15.5 Å². The summed E-state index contributed by atoms with van der Waals surface area (Å²) in [6, 6.07) is 18.0. The number of rotatable bonds is 4. The number of nitro benzene ring substituents is 1. The van der Waals surface area contributed by atoms with Gasteiger partial charge >= 0.3 is 0 Å². The van der Waals surface area contributed by atoms with Gasteiger partial charge in [0.2, 0.25) is 0 Å². The Labute approximate surface area is 163 Å². The number of hydrogen-bond donors (Lipinski definition) is 0. The van der Waals surface area contributed by atoms with Crippen LogP contribution in [0.3, 0.4) is 0 Å². The Kier molecular flexibility index (Phi) is 4.54. The maximum Gasteiger partial charge on any atom is 0.298 e. The molecule has 1 fully saturated rings. The molecule has 0 bridgehead atoms. The van der Waals surface area contributed by atoms with Gasteiger partial charge in [-0.05, 0) is 48.2 Å². The van der Waals surface area contributed by atoms with Gasteiger partial charge in [0, 0.05) is 23.8 Å². The number of carbonyl (C=O) groups excluding carboxylic acids is 2. The van der Waals surface area contributed by atoms with Gasteiger partial charge in [0.15, 0.2) is 0 Å². The first-order valence-electron chi connectivity index (χ1n) is 8.20. The first-order valence-corrected chi connectivity index (χ1v) is 9.02. The minimum Gasteiger partial charge on any atom is -0.457 e. The molecule has 0 radical (unpaired) electrons. The SMILES string of the molecule is O=C1S/C(=C/c2ccc(-c3ccc([N+](=O)[O-])cc3)o2)C(=O)N1c1ccccc1. The third-order valence-electron chi connectivity index (χ3n) is 4.07. The number of nitro groups is 1. The van der Waals surface area contributed by atoms with Gasteiger partial charge in [-0.25, -0.2) is 4.90 Å². The molecule has 1 aliphatic rings. The number of furan rings is 1. The molecule has 138 valence electrons. The first-order chi connectivity index (χ1) is 13.5. The van der Waals surface area contributed by atoms with Crippen LogP contribution in [0, 0.1) is 10.1 Å². The van der Waals surface area contributed by atoms with E-state index in [2.05, 4.69) is 0 Å². The number of para-hydroxylation sites is 1. The van der Waals surface area contributed by atoms with E-state index in [1.807, 2.05) is 0 Å². The van der Waals surface area contributed by atoms with Crippen molar-refractivity contribution >= 4 is 40.4 Å². The molecule has 0 N–H and O–H groups in total. The molecule has 0 aliphatic carbocycles. The lowest BCUT2D eigenvalue weighted by molar-refractivity contribution is -0.384. The number of carbonyl (C=O) groups is 2. The fourth-order valence-electron chi connectivity index (χ4n) is 2.73. The zero-order valence-corrected chi connectivity index (χ0v) is 15.1. The van der Waals surface area contributed by atoms with Crippen molar-refractivity contribution in [3.63, 3.8) is 0 Å². The molecule has 2 amide bonds. The van der Waals surface area contributed by atoms with Crippen molar-refractivity contribution in [1.82, 2.24) is 0 Å². The number of benzene rings is 2. The Balaban J connectivity index is 1.58. The summed E-state index contributed by atoms with van der Waals surface area (Å²) in [6.07, 6.45) is 1.52. The average molecular weight is 392 g/mol. The Morgan fingerprint density at radius 1 is 0.964 bits per heavy atom. The second-order valence-corrected chi connectivity index (χ2v) is 6.85. The van der Waals surface area contributed by atoms with E-state index in [0.29, 0.717) is 22.8 Å². The lowest BCUT2D eigenvalue weighted by atomic mass is 10.1. The molecule has 0 atom stereocenters. The first kappa shape index (κ1) is 17.7. The van der Waals surface area contributed by atoms with Gasteiger partial charge in [-0.1, -0.05) is 18.2 Å². The summed E-state index contributed by atoms with van der Waals surface area (Å²) in [5.41, 5.74) is 1.17. The molecular formula is C20H12N2O5S. The smallest absolute Gasteiger partial charge is 0.298 e. The summed E-state index contributed by atoms with van der Waals surface area (Å²) in [6.45, 7) is 0. The summed E-state index contributed by atoms with van der Waals surface area (Å²) in [5, 5.41) is 10.4. The lowest BCUT2D eigenvalue weighted by Crippen LogP contribution is -2.27. The number of amides is 2. The van der Waals surface area contributed by atoms with E-state index in [1.165, 1.54) is 18.2 Å². The Bertz CT molecular complexity index is 1100. The lowest BCUT2D eigenvalue weighted by Gasteiger charge is -2.11. The van der Waals surface area contributed by atoms with Crippen LogP contribution in [0.5, 0.6) is 0 Å². The minimum absolute atomic E-state index is 0.00915. The van der Waals surface area contributed by atoms with Crippen LogP contribution in [0.4, 0.5) is 16.2 Å². The molecule has 8 heteroatoms. The molecule has 4 rings (SSSR count). The Morgan fingerprint density at radius 2 is 1.68 bits per heavy atom. The highest BCUT2D eigenvalue weighted by atomic mass is 32.2. The second kappa shape index (κ2) is 7.16. The van der Waals surface area contributed by atoms with E-state index >= 15 is 0 Å². The number of imide groups is 1. The summed E-state index contributed by atoms with van der Waals surface area (Å²) in [7, 11) is 0. The van der Waals surface area contributed by atoms with Gasteiger partial charge in [-0.15, -0.1) is 0 Å². The van der Waals surface area contributed by atoms with Crippen LogP contribution in [0.1, 0.15) is 5.76 Å². The van der Waals surface area contributed by atoms with Crippen LogP contribution in [0.25, 0.3) is 17.4 Å². The van der Waals surface area contributed by atoms with E-state index in [0.717, 1.165) is 16.7 Å². The maximum absolute atomic E-state index is 12.6. The largest absolute Gasteiger partial charge is 0.457 e. The Morgan fingerprint density at radius 3 is 2.36 bits per heavy atom. The quantitative estimate of drug-likeness (QED) is 0.348. The summed E-state index contributed by atoms with van der Waals surface area (Å²) in [4.78, 5) is 36.5. The molecule has 7 nitrogen and oxygen atoms in total. The molecule has 1 aromatic heterocycles. The van der Waals surface area contributed by atoms with Crippen molar-refractivity contribution in [2.24, 2.45) is 0 Å². The van der Waals surface area contributed by atoms with E-state index in [9.17, 15) is 19.7 Å². The third-order valence-corrected chi connectivity index (χ3v) is 4.94. The van der Waals surface area contributed by atoms with Crippen molar-refractivity contribution in [3.8, 4) is 11.3 Å². The molecule has 28 heavy (non-hydrogen) atoms. The van der Waals surface area contributed by atoms with Crippen LogP contribution in [-0.4, -0.2) is 16.1 Å². The number of hydrogen-bond acceptors (Lipinski definition) is 6. The number of nitrogens with zero attached hydrogens (tertiary/aromatic N) is 2. The number of non-ortho nitro benzene ring substituents is 1. The van der Waals surface area contributed by atoms with Gasteiger partial charge < -0.3 is 4.42 Å². The highest BCUT2D eigenvalue weighted by molar-refractivity contribution is 8.19. The number of anilines is 1. The van der Waals surface area contributed by atoms with Gasteiger partial charge in [0.1, 0.15) is 11.5 Å². The molecule has 0 unspecified atom stereocenters. The molecule has 2 aromatic carbocycles. The fraction of sp³-hybridized carbons (Fsp3) is 0. The van der Waals surface area contributed by atoms with Gasteiger partial charge in [-0.2, -0.15) is 0 Å². The summed E-state index contributed by atoms with van der Waals surface area (Å²) < 4.78 is 5.71. The van der Waals surface area contributed by atoms with E-state index in [1.54, 1.807) is 54.6 Å². The normalized spacial score (nSPS) is 15.4. The second-order valence-electron chi connectivity index (χ2n) is 5.86. The molecule has 3 aromatic rings. The predicted molar refractivity (Wildman–Crippen MR) is 106 cm³/mol. The fourth-order valence-corrected chi connectivity index (χ4v) is 3.55. The topological polar surface area (TPSA) is 93.7 Å². The zero-order valence-electron chi connectivity index (χ0n) is 14.3. The molecule has 0 spiro atoms. The highest BCUT2D eigenvalue weighted by Crippen LogP contribution is 2.36. The van der Waals surface area contributed by atoms with Crippen LogP contribution in [0.2, 0.25) is 0 Å². The Hall–Kier alpha value is -3.65. The van der Waals surface area contributed by atoms with Crippen molar-refractivity contribution in [2.75, 3.05) is 4.90 Å². The number of thioether (sulfide) groups is 1. The van der Waals surface area contributed by atoms with Crippen molar-refractivity contribution in [3.05, 3.63) is 87.5 Å². The van der Waals surface area contributed by atoms with Crippen molar-refractivity contribution in [1.29, 1.82) is 0 Å². The summed E-state index contributed by atoms with van der Waals surface area (Å²) in [5.74, 6) is 0.504. The van der Waals surface area contributed by atoms with Gasteiger partial charge in [0.25, 0.3) is 16.8 Å². The predicted octanol–water partition coefficient (Wildman–Crippen LogP) is 5.10. The molecule has 1 aliphatic heterocycles. The third kappa shape index (κ3) is 3.33. The van der Waals surface area contributed by atoms with E-state index < -0.39 is 10.8 Å². The van der Waals surface area contributed by atoms with E-state index in [-0.39, 0.29) is 15.8 Å². The van der Waals surface area contributed by atoms with Crippen LogP contribution < -0.4 is 4.90 Å². The van der Waals surface area contributed by atoms with Crippen LogP contribution >= 0.6 is 11.8 Å².